The molecule has 2 nitrogen and oxygen atoms in total. The predicted octanol–water partition coefficient (Wildman–Crippen LogP) is 2.03. The molecule has 0 aliphatic rings. The van der Waals surface area contributed by atoms with Crippen LogP contribution < -0.4 is 5.73 Å². The van der Waals surface area contributed by atoms with E-state index in [-0.39, 0.29) is 6.04 Å². The molecule has 66 valence electrons. The standard InChI is InChI=1S/C10H15NO/c1-6-4-7(2)10(8(3)11)9(12)5-6/h4-5,8,12H,11H2,1-3H3/t8-/m1/s1. The molecule has 0 fully saturated rings. The van der Waals surface area contributed by atoms with Crippen LogP contribution in [0.4, 0.5) is 0 Å². The summed E-state index contributed by atoms with van der Waals surface area (Å²) in [7, 11) is 0. The highest BCUT2D eigenvalue weighted by Gasteiger charge is 2.09. The van der Waals surface area contributed by atoms with Crippen molar-refractivity contribution in [1.82, 2.24) is 0 Å². The molecule has 0 saturated carbocycles. The maximum Gasteiger partial charge on any atom is 0.120 e. The van der Waals surface area contributed by atoms with Crippen LogP contribution >= 0.6 is 0 Å². The minimum atomic E-state index is -0.106. The van der Waals surface area contributed by atoms with Gasteiger partial charge >= 0.3 is 0 Å². The van der Waals surface area contributed by atoms with Gasteiger partial charge in [0.2, 0.25) is 0 Å². The lowest BCUT2D eigenvalue weighted by Gasteiger charge is -2.12. The van der Waals surface area contributed by atoms with Crippen molar-refractivity contribution in [2.45, 2.75) is 26.8 Å². The maximum atomic E-state index is 9.56. The van der Waals surface area contributed by atoms with Crippen LogP contribution in [-0.2, 0) is 0 Å². The van der Waals surface area contributed by atoms with E-state index in [9.17, 15) is 5.11 Å². The summed E-state index contributed by atoms with van der Waals surface area (Å²) >= 11 is 0. The molecule has 0 saturated heterocycles. The largest absolute Gasteiger partial charge is 0.508 e. The van der Waals surface area contributed by atoms with Gasteiger partial charge in [0.25, 0.3) is 0 Å². The third-order valence-electron chi connectivity index (χ3n) is 1.96. The molecule has 0 spiro atoms. The lowest BCUT2D eigenvalue weighted by molar-refractivity contribution is 0.462. The van der Waals surface area contributed by atoms with Gasteiger partial charge in [0.1, 0.15) is 5.75 Å². The van der Waals surface area contributed by atoms with Crippen molar-refractivity contribution in [3.63, 3.8) is 0 Å². The first kappa shape index (κ1) is 9.07. The summed E-state index contributed by atoms with van der Waals surface area (Å²) in [5.41, 5.74) is 8.68. The molecule has 1 aromatic rings. The molecule has 1 atom stereocenters. The molecular weight excluding hydrogens is 150 g/mol. The number of phenolic OH excluding ortho intramolecular Hbond substituents is 1. The average Bonchev–Trinajstić information content (AvgIpc) is 1.82. The number of phenols is 1. The van der Waals surface area contributed by atoms with Crippen LogP contribution in [0, 0.1) is 13.8 Å². The Morgan fingerprint density at radius 3 is 2.33 bits per heavy atom. The van der Waals surface area contributed by atoms with Gasteiger partial charge in [-0.05, 0) is 38.0 Å². The van der Waals surface area contributed by atoms with E-state index in [1.807, 2.05) is 26.8 Å². The van der Waals surface area contributed by atoms with Crippen LogP contribution in [0.2, 0.25) is 0 Å². The Balaban J connectivity index is 3.28. The molecule has 0 aromatic heterocycles. The van der Waals surface area contributed by atoms with Gasteiger partial charge in [0, 0.05) is 11.6 Å². The fourth-order valence-corrected chi connectivity index (χ4v) is 1.55. The second kappa shape index (κ2) is 3.15. The van der Waals surface area contributed by atoms with E-state index in [4.69, 9.17) is 5.73 Å². The van der Waals surface area contributed by atoms with Crippen LogP contribution in [0.15, 0.2) is 12.1 Å². The van der Waals surface area contributed by atoms with Gasteiger partial charge in [-0.2, -0.15) is 0 Å². The Labute approximate surface area is 73.0 Å². The summed E-state index contributed by atoms with van der Waals surface area (Å²) in [5.74, 6) is 0.308. The fraction of sp³-hybridized carbons (Fsp3) is 0.400. The Kier molecular flexibility index (Phi) is 2.38. The lowest BCUT2D eigenvalue weighted by Crippen LogP contribution is -2.07. The Hall–Kier alpha value is -1.02. The highest BCUT2D eigenvalue weighted by atomic mass is 16.3. The monoisotopic (exact) mass is 165 g/mol. The van der Waals surface area contributed by atoms with Gasteiger partial charge in [-0.15, -0.1) is 0 Å². The zero-order valence-electron chi connectivity index (χ0n) is 7.76. The highest BCUT2D eigenvalue weighted by molar-refractivity contribution is 5.43. The topological polar surface area (TPSA) is 46.2 Å². The first-order valence-corrected chi connectivity index (χ1v) is 4.08. The quantitative estimate of drug-likeness (QED) is 0.668. The molecule has 0 radical (unpaired) electrons. The number of rotatable bonds is 1. The average molecular weight is 165 g/mol. The number of nitrogens with two attached hydrogens (primary N) is 1. The molecule has 12 heavy (non-hydrogen) atoms. The second-order valence-electron chi connectivity index (χ2n) is 3.30. The molecular formula is C10H15NO. The Bertz CT molecular complexity index is 269. The van der Waals surface area contributed by atoms with E-state index in [1.165, 1.54) is 0 Å². The first-order valence-electron chi connectivity index (χ1n) is 4.08. The molecule has 0 unspecified atom stereocenters. The number of hydrogen-bond acceptors (Lipinski definition) is 2. The molecule has 2 heteroatoms. The third kappa shape index (κ3) is 1.59. The van der Waals surface area contributed by atoms with Crippen molar-refractivity contribution in [1.29, 1.82) is 0 Å². The summed E-state index contributed by atoms with van der Waals surface area (Å²) in [6.45, 7) is 5.79. The first-order chi connectivity index (χ1) is 5.52. The van der Waals surface area contributed by atoms with Gasteiger partial charge in [-0.3, -0.25) is 0 Å². The molecule has 0 bridgehead atoms. The molecule has 0 heterocycles. The van der Waals surface area contributed by atoms with E-state index < -0.39 is 0 Å². The third-order valence-corrected chi connectivity index (χ3v) is 1.96. The van der Waals surface area contributed by atoms with Crippen LogP contribution in [0.5, 0.6) is 5.75 Å². The van der Waals surface area contributed by atoms with E-state index >= 15 is 0 Å². The van der Waals surface area contributed by atoms with Gasteiger partial charge in [0.05, 0.1) is 0 Å². The smallest absolute Gasteiger partial charge is 0.120 e. The maximum absolute atomic E-state index is 9.56. The van der Waals surface area contributed by atoms with Crippen molar-refractivity contribution in [3.05, 3.63) is 28.8 Å². The van der Waals surface area contributed by atoms with Gasteiger partial charge in [-0.25, -0.2) is 0 Å². The zero-order valence-corrected chi connectivity index (χ0v) is 7.76. The normalized spacial score (nSPS) is 13.0. The van der Waals surface area contributed by atoms with Crippen molar-refractivity contribution >= 4 is 0 Å². The summed E-state index contributed by atoms with van der Waals surface area (Å²) in [6, 6.07) is 3.66. The lowest BCUT2D eigenvalue weighted by atomic mass is 9.99. The number of benzene rings is 1. The van der Waals surface area contributed by atoms with Crippen LogP contribution in [0.3, 0.4) is 0 Å². The fourth-order valence-electron chi connectivity index (χ4n) is 1.55. The molecule has 0 aliphatic carbocycles. The van der Waals surface area contributed by atoms with Crippen molar-refractivity contribution < 1.29 is 5.11 Å². The minimum absolute atomic E-state index is 0.106. The Morgan fingerprint density at radius 1 is 1.33 bits per heavy atom. The Morgan fingerprint density at radius 2 is 1.92 bits per heavy atom. The van der Waals surface area contributed by atoms with Crippen molar-refractivity contribution in [2.24, 2.45) is 5.73 Å². The predicted molar refractivity (Wildman–Crippen MR) is 50.2 cm³/mol. The molecule has 3 N–H and O–H groups in total. The molecule has 1 aromatic carbocycles. The van der Waals surface area contributed by atoms with Crippen LogP contribution in [0.1, 0.15) is 29.7 Å². The summed E-state index contributed by atoms with van der Waals surface area (Å²) < 4.78 is 0. The van der Waals surface area contributed by atoms with Crippen LogP contribution in [-0.4, -0.2) is 5.11 Å². The summed E-state index contributed by atoms with van der Waals surface area (Å²) in [6.07, 6.45) is 0. The number of aryl methyl sites for hydroxylation is 2. The van der Waals surface area contributed by atoms with Gasteiger partial charge in [-0.1, -0.05) is 6.07 Å². The van der Waals surface area contributed by atoms with Gasteiger partial charge in [0.15, 0.2) is 0 Å². The second-order valence-corrected chi connectivity index (χ2v) is 3.30. The molecule has 0 amide bonds. The van der Waals surface area contributed by atoms with E-state index in [1.54, 1.807) is 6.07 Å². The SMILES string of the molecule is Cc1cc(C)c([C@@H](C)N)c(O)c1. The summed E-state index contributed by atoms with van der Waals surface area (Å²) in [4.78, 5) is 0. The van der Waals surface area contributed by atoms with Crippen LogP contribution in [0.25, 0.3) is 0 Å². The van der Waals surface area contributed by atoms with Gasteiger partial charge < -0.3 is 10.8 Å². The number of hydrogen-bond donors (Lipinski definition) is 2. The summed E-state index contributed by atoms with van der Waals surface area (Å²) in [5, 5.41) is 9.56. The molecule has 0 aliphatic heterocycles. The minimum Gasteiger partial charge on any atom is -0.508 e. The highest BCUT2D eigenvalue weighted by Crippen LogP contribution is 2.27. The van der Waals surface area contributed by atoms with E-state index in [0.29, 0.717) is 5.75 Å². The number of aromatic hydroxyl groups is 1. The van der Waals surface area contributed by atoms with Crippen molar-refractivity contribution in [3.8, 4) is 5.75 Å². The van der Waals surface area contributed by atoms with E-state index in [2.05, 4.69) is 0 Å². The van der Waals surface area contributed by atoms with Crippen molar-refractivity contribution in [2.75, 3.05) is 0 Å². The zero-order chi connectivity index (χ0) is 9.30. The molecule has 1 rings (SSSR count). The van der Waals surface area contributed by atoms with E-state index in [0.717, 1.165) is 16.7 Å².